The van der Waals surface area contributed by atoms with Crippen LogP contribution in [0.25, 0.3) is 0 Å². The van der Waals surface area contributed by atoms with Crippen LogP contribution >= 0.6 is 23.2 Å². The van der Waals surface area contributed by atoms with Crippen LogP contribution in [0.4, 0.5) is 5.69 Å². The predicted molar refractivity (Wildman–Crippen MR) is 85.5 cm³/mol. The molecule has 22 heavy (non-hydrogen) atoms. The first kappa shape index (κ1) is 16.1. The molecule has 2 rings (SSSR count). The molecule has 114 valence electrons. The highest BCUT2D eigenvalue weighted by Gasteiger charge is 2.06. The second kappa shape index (κ2) is 7.15. The average Bonchev–Trinajstić information content (AvgIpc) is 2.44. The third-order valence-corrected chi connectivity index (χ3v) is 3.09. The molecular weight excluding hydrogens is 327 g/mol. The highest BCUT2D eigenvalue weighted by molar-refractivity contribution is 6.35. The lowest BCUT2D eigenvalue weighted by Crippen LogP contribution is -2.20. The first-order valence-electron chi connectivity index (χ1n) is 6.22. The first-order valence-corrected chi connectivity index (χ1v) is 6.98. The van der Waals surface area contributed by atoms with E-state index in [2.05, 4.69) is 5.32 Å². The van der Waals surface area contributed by atoms with Crippen molar-refractivity contribution in [1.29, 1.82) is 0 Å². The van der Waals surface area contributed by atoms with Crippen molar-refractivity contribution >= 4 is 40.7 Å². The molecule has 0 saturated heterocycles. The monoisotopic (exact) mass is 338 g/mol. The zero-order chi connectivity index (χ0) is 16.1. The fourth-order valence-electron chi connectivity index (χ4n) is 1.69. The number of ether oxygens (including phenoxy) is 1. The molecule has 0 unspecified atom stereocenters. The molecule has 5 nitrogen and oxygen atoms in total. The topological polar surface area (TPSA) is 81.4 Å². The molecule has 0 aromatic heterocycles. The summed E-state index contributed by atoms with van der Waals surface area (Å²) in [5.74, 6) is -0.441. The molecule has 0 spiro atoms. The van der Waals surface area contributed by atoms with Gasteiger partial charge in [-0.3, -0.25) is 9.59 Å². The normalized spacial score (nSPS) is 10.1. The van der Waals surface area contributed by atoms with E-state index in [-0.39, 0.29) is 12.5 Å². The van der Waals surface area contributed by atoms with E-state index < -0.39 is 5.91 Å². The van der Waals surface area contributed by atoms with Gasteiger partial charge in [0.05, 0.1) is 0 Å². The molecule has 3 N–H and O–H groups in total. The Morgan fingerprint density at radius 3 is 2.18 bits per heavy atom. The quantitative estimate of drug-likeness (QED) is 0.878. The second-order valence-electron chi connectivity index (χ2n) is 4.38. The number of carbonyl (C=O) groups excluding carboxylic acids is 2. The highest BCUT2D eigenvalue weighted by atomic mass is 35.5. The van der Waals surface area contributed by atoms with Crippen LogP contribution in [-0.2, 0) is 4.79 Å². The summed E-state index contributed by atoms with van der Waals surface area (Å²) in [6.45, 7) is -0.194. The second-order valence-corrected chi connectivity index (χ2v) is 5.26. The lowest BCUT2D eigenvalue weighted by Gasteiger charge is -2.08. The molecule has 2 aromatic carbocycles. The number of nitrogens with one attached hydrogen (secondary N) is 1. The maximum Gasteiger partial charge on any atom is 0.262 e. The van der Waals surface area contributed by atoms with Gasteiger partial charge in [-0.25, -0.2) is 0 Å². The van der Waals surface area contributed by atoms with Crippen LogP contribution in [0.15, 0.2) is 42.5 Å². The van der Waals surface area contributed by atoms with Crippen molar-refractivity contribution in [3.8, 4) is 5.75 Å². The van der Waals surface area contributed by atoms with Crippen LogP contribution in [-0.4, -0.2) is 18.4 Å². The van der Waals surface area contributed by atoms with Gasteiger partial charge in [0.25, 0.3) is 5.91 Å². The van der Waals surface area contributed by atoms with E-state index in [1.807, 2.05) is 0 Å². The van der Waals surface area contributed by atoms with E-state index in [0.717, 1.165) is 0 Å². The Kier molecular flexibility index (Phi) is 5.25. The van der Waals surface area contributed by atoms with Crippen molar-refractivity contribution in [2.45, 2.75) is 0 Å². The first-order chi connectivity index (χ1) is 10.4. The molecule has 7 heteroatoms. The van der Waals surface area contributed by atoms with Crippen LogP contribution in [0.3, 0.4) is 0 Å². The van der Waals surface area contributed by atoms with Crippen molar-refractivity contribution < 1.29 is 14.3 Å². The van der Waals surface area contributed by atoms with Crippen LogP contribution in [0.2, 0.25) is 10.0 Å². The molecule has 0 aliphatic carbocycles. The van der Waals surface area contributed by atoms with Gasteiger partial charge in [-0.2, -0.15) is 0 Å². The Labute approximate surface area is 137 Å². The average molecular weight is 339 g/mol. The van der Waals surface area contributed by atoms with Crippen molar-refractivity contribution in [3.05, 3.63) is 58.1 Å². The number of carbonyl (C=O) groups is 2. The van der Waals surface area contributed by atoms with Crippen molar-refractivity contribution in [3.63, 3.8) is 0 Å². The predicted octanol–water partition coefficient (Wildman–Crippen LogP) is 3.11. The zero-order valence-corrected chi connectivity index (χ0v) is 12.8. The van der Waals surface area contributed by atoms with E-state index >= 15 is 0 Å². The molecular formula is C15H12Cl2N2O3. The lowest BCUT2D eigenvalue weighted by molar-refractivity contribution is -0.118. The Balaban J connectivity index is 1.91. The van der Waals surface area contributed by atoms with E-state index in [4.69, 9.17) is 33.7 Å². The maximum absolute atomic E-state index is 11.8. The van der Waals surface area contributed by atoms with Gasteiger partial charge >= 0.3 is 0 Å². The van der Waals surface area contributed by atoms with Gasteiger partial charge in [0.2, 0.25) is 5.91 Å². The summed E-state index contributed by atoms with van der Waals surface area (Å²) in [7, 11) is 0. The molecule has 2 amide bonds. The van der Waals surface area contributed by atoms with Crippen LogP contribution in [0, 0.1) is 0 Å². The summed E-state index contributed by atoms with van der Waals surface area (Å²) in [6.07, 6.45) is 0. The molecule has 0 aliphatic rings. The Bertz CT molecular complexity index is 682. The summed E-state index contributed by atoms with van der Waals surface area (Å²) in [5, 5.41) is 3.46. The Morgan fingerprint density at radius 2 is 1.64 bits per heavy atom. The summed E-state index contributed by atoms with van der Waals surface area (Å²) < 4.78 is 5.31. The standard InChI is InChI=1S/C15H12Cl2N2O3/c16-10-5-11(17)7-12(6-10)19-14(20)8-22-13-3-1-9(2-4-13)15(18)21/h1-7H,8H2,(H2,18,21)(H,19,20). The molecule has 2 aromatic rings. The number of halogens is 2. The van der Waals surface area contributed by atoms with Gasteiger partial charge in [0, 0.05) is 21.3 Å². The van der Waals surface area contributed by atoms with Crippen LogP contribution in [0.5, 0.6) is 5.75 Å². The number of amides is 2. The fourth-order valence-corrected chi connectivity index (χ4v) is 2.21. The number of hydrogen-bond acceptors (Lipinski definition) is 3. The van der Waals surface area contributed by atoms with Gasteiger partial charge in [-0.05, 0) is 42.5 Å². The van der Waals surface area contributed by atoms with E-state index in [9.17, 15) is 9.59 Å². The molecule has 0 bridgehead atoms. The third-order valence-electron chi connectivity index (χ3n) is 2.66. The van der Waals surface area contributed by atoms with Gasteiger partial charge in [-0.15, -0.1) is 0 Å². The largest absolute Gasteiger partial charge is 0.484 e. The van der Waals surface area contributed by atoms with E-state index in [1.54, 1.807) is 30.3 Å². The number of rotatable bonds is 5. The summed E-state index contributed by atoms with van der Waals surface area (Å²) in [5.41, 5.74) is 5.98. The van der Waals surface area contributed by atoms with Crippen molar-refractivity contribution in [2.75, 3.05) is 11.9 Å². The molecule has 0 fully saturated rings. The summed E-state index contributed by atoms with van der Waals surface area (Å²) in [4.78, 5) is 22.7. The van der Waals surface area contributed by atoms with Gasteiger partial charge in [0.1, 0.15) is 5.75 Å². The fraction of sp³-hybridized carbons (Fsp3) is 0.0667. The number of primary amides is 1. The summed E-state index contributed by atoms with van der Waals surface area (Å²) in [6, 6.07) is 10.9. The minimum absolute atomic E-state index is 0.194. The van der Waals surface area contributed by atoms with E-state index in [1.165, 1.54) is 12.1 Å². The van der Waals surface area contributed by atoms with Gasteiger partial charge in [0.15, 0.2) is 6.61 Å². The Hall–Kier alpha value is -2.24. The number of benzene rings is 2. The molecule has 0 heterocycles. The molecule has 0 aliphatic heterocycles. The highest BCUT2D eigenvalue weighted by Crippen LogP contribution is 2.22. The van der Waals surface area contributed by atoms with Crippen molar-refractivity contribution in [1.82, 2.24) is 0 Å². The SMILES string of the molecule is NC(=O)c1ccc(OCC(=O)Nc2cc(Cl)cc(Cl)c2)cc1. The Morgan fingerprint density at radius 1 is 1.05 bits per heavy atom. The molecule has 0 atom stereocenters. The molecule has 0 radical (unpaired) electrons. The van der Waals surface area contributed by atoms with Crippen LogP contribution in [0.1, 0.15) is 10.4 Å². The zero-order valence-electron chi connectivity index (χ0n) is 11.3. The number of hydrogen-bond donors (Lipinski definition) is 2. The van der Waals surface area contributed by atoms with Gasteiger partial charge in [-0.1, -0.05) is 23.2 Å². The summed E-state index contributed by atoms with van der Waals surface area (Å²) >= 11 is 11.7. The van der Waals surface area contributed by atoms with Gasteiger partial charge < -0.3 is 15.8 Å². The maximum atomic E-state index is 11.8. The minimum atomic E-state index is -0.526. The van der Waals surface area contributed by atoms with E-state index in [0.29, 0.717) is 27.0 Å². The third kappa shape index (κ3) is 4.65. The smallest absolute Gasteiger partial charge is 0.262 e. The number of anilines is 1. The molecule has 0 saturated carbocycles. The number of nitrogens with two attached hydrogens (primary N) is 1. The minimum Gasteiger partial charge on any atom is -0.484 e. The van der Waals surface area contributed by atoms with Crippen molar-refractivity contribution in [2.24, 2.45) is 5.73 Å². The van der Waals surface area contributed by atoms with Crippen LogP contribution < -0.4 is 15.8 Å². The lowest BCUT2D eigenvalue weighted by atomic mass is 10.2.